The van der Waals surface area contributed by atoms with Gasteiger partial charge in [0.1, 0.15) is 11.6 Å². The van der Waals surface area contributed by atoms with E-state index >= 15 is 0 Å². The standard InChI is InChI=1S/C11H11FN2O2/c1-16-10-5-4-8(12)7-9(10)14-11(15)3-2-6-13/h4-5,7H,2-3H2,1H3,(H,14,15). The predicted molar refractivity (Wildman–Crippen MR) is 56.4 cm³/mol. The zero-order valence-electron chi connectivity index (χ0n) is 8.79. The Morgan fingerprint density at radius 2 is 2.38 bits per heavy atom. The molecule has 1 aromatic rings. The lowest BCUT2D eigenvalue weighted by molar-refractivity contribution is -0.116. The summed E-state index contributed by atoms with van der Waals surface area (Å²) in [6.45, 7) is 0. The molecule has 0 fully saturated rings. The van der Waals surface area contributed by atoms with E-state index in [9.17, 15) is 9.18 Å². The minimum atomic E-state index is -0.462. The van der Waals surface area contributed by atoms with Gasteiger partial charge in [-0.3, -0.25) is 4.79 Å². The number of rotatable bonds is 4. The van der Waals surface area contributed by atoms with Crippen LogP contribution in [0.1, 0.15) is 12.8 Å². The van der Waals surface area contributed by atoms with Crippen LogP contribution < -0.4 is 10.1 Å². The Labute approximate surface area is 92.6 Å². The van der Waals surface area contributed by atoms with Crippen molar-refractivity contribution in [2.45, 2.75) is 12.8 Å². The summed E-state index contributed by atoms with van der Waals surface area (Å²) in [6.07, 6.45) is 0.208. The Hall–Kier alpha value is -2.09. The molecular formula is C11H11FN2O2. The molecular weight excluding hydrogens is 211 g/mol. The van der Waals surface area contributed by atoms with E-state index in [0.29, 0.717) is 5.75 Å². The maximum Gasteiger partial charge on any atom is 0.225 e. The Bertz CT molecular complexity index is 426. The van der Waals surface area contributed by atoms with Crippen molar-refractivity contribution >= 4 is 11.6 Å². The maximum atomic E-state index is 12.9. The second-order valence-electron chi connectivity index (χ2n) is 3.05. The SMILES string of the molecule is COc1ccc(F)cc1NC(=O)CCC#N. The summed E-state index contributed by atoms with van der Waals surface area (Å²) in [5.74, 6) is -0.423. The fourth-order valence-corrected chi connectivity index (χ4v) is 1.16. The van der Waals surface area contributed by atoms with E-state index in [1.54, 1.807) is 0 Å². The highest BCUT2D eigenvalue weighted by molar-refractivity contribution is 5.92. The minimum Gasteiger partial charge on any atom is -0.495 e. The molecule has 1 N–H and O–H groups in total. The van der Waals surface area contributed by atoms with Crippen LogP contribution in [-0.2, 0) is 4.79 Å². The number of nitriles is 1. The number of hydrogen-bond donors (Lipinski definition) is 1. The van der Waals surface area contributed by atoms with Crippen molar-refractivity contribution in [3.63, 3.8) is 0 Å². The lowest BCUT2D eigenvalue weighted by atomic mass is 10.2. The molecule has 0 radical (unpaired) electrons. The molecule has 0 saturated carbocycles. The topological polar surface area (TPSA) is 62.1 Å². The molecule has 0 aliphatic rings. The summed E-state index contributed by atoms with van der Waals surface area (Å²) in [5, 5.41) is 10.8. The minimum absolute atomic E-state index is 0.0795. The molecule has 5 heteroatoms. The van der Waals surface area contributed by atoms with E-state index in [0.717, 1.165) is 0 Å². The van der Waals surface area contributed by atoms with Crippen LogP contribution in [0, 0.1) is 17.1 Å². The summed E-state index contributed by atoms with van der Waals surface area (Å²) < 4.78 is 17.9. The monoisotopic (exact) mass is 222 g/mol. The molecule has 0 saturated heterocycles. The van der Waals surface area contributed by atoms with Gasteiger partial charge in [0.05, 0.1) is 18.9 Å². The average molecular weight is 222 g/mol. The first-order valence-corrected chi connectivity index (χ1v) is 4.67. The Balaban J connectivity index is 2.76. The Morgan fingerprint density at radius 1 is 1.62 bits per heavy atom. The zero-order valence-corrected chi connectivity index (χ0v) is 8.79. The van der Waals surface area contributed by atoms with E-state index in [-0.39, 0.29) is 24.4 Å². The second-order valence-corrected chi connectivity index (χ2v) is 3.05. The van der Waals surface area contributed by atoms with Crippen molar-refractivity contribution in [3.8, 4) is 11.8 Å². The zero-order chi connectivity index (χ0) is 12.0. The summed E-state index contributed by atoms with van der Waals surface area (Å²) in [7, 11) is 1.43. The molecule has 0 bridgehead atoms. The predicted octanol–water partition coefficient (Wildman–Crippen LogP) is 2.08. The third kappa shape index (κ3) is 3.24. The number of benzene rings is 1. The van der Waals surface area contributed by atoms with E-state index in [1.165, 1.54) is 25.3 Å². The van der Waals surface area contributed by atoms with Crippen molar-refractivity contribution in [1.82, 2.24) is 0 Å². The van der Waals surface area contributed by atoms with Gasteiger partial charge in [-0.25, -0.2) is 4.39 Å². The van der Waals surface area contributed by atoms with Gasteiger partial charge < -0.3 is 10.1 Å². The maximum absolute atomic E-state index is 12.9. The van der Waals surface area contributed by atoms with Gasteiger partial charge in [0.2, 0.25) is 5.91 Å². The quantitative estimate of drug-likeness (QED) is 0.848. The van der Waals surface area contributed by atoms with Gasteiger partial charge in [-0.1, -0.05) is 0 Å². The molecule has 4 nitrogen and oxygen atoms in total. The molecule has 1 aromatic carbocycles. The molecule has 0 spiro atoms. The third-order valence-electron chi connectivity index (χ3n) is 1.90. The van der Waals surface area contributed by atoms with Crippen molar-refractivity contribution in [2.24, 2.45) is 0 Å². The van der Waals surface area contributed by atoms with Crippen LogP contribution >= 0.6 is 0 Å². The highest BCUT2D eigenvalue weighted by Crippen LogP contribution is 2.24. The lowest BCUT2D eigenvalue weighted by Crippen LogP contribution is -2.11. The van der Waals surface area contributed by atoms with Gasteiger partial charge in [-0.2, -0.15) is 5.26 Å². The number of hydrogen-bond acceptors (Lipinski definition) is 3. The Morgan fingerprint density at radius 3 is 3.00 bits per heavy atom. The summed E-state index contributed by atoms with van der Waals surface area (Å²) in [6, 6.07) is 5.69. The number of methoxy groups -OCH3 is 1. The molecule has 1 amide bonds. The normalized spacial score (nSPS) is 9.31. The second kappa shape index (κ2) is 5.71. The van der Waals surface area contributed by atoms with Crippen LogP contribution in [0.4, 0.5) is 10.1 Å². The van der Waals surface area contributed by atoms with Crippen LogP contribution in [0.2, 0.25) is 0 Å². The summed E-state index contributed by atoms with van der Waals surface area (Å²) in [4.78, 5) is 11.3. The van der Waals surface area contributed by atoms with Gasteiger partial charge in [-0.05, 0) is 12.1 Å². The van der Waals surface area contributed by atoms with E-state index in [4.69, 9.17) is 10.00 Å². The number of carbonyl (C=O) groups is 1. The number of halogens is 1. The van der Waals surface area contributed by atoms with Gasteiger partial charge in [0.15, 0.2) is 0 Å². The van der Waals surface area contributed by atoms with Crippen LogP contribution in [0.5, 0.6) is 5.75 Å². The molecule has 0 atom stereocenters. The summed E-state index contributed by atoms with van der Waals surface area (Å²) in [5.41, 5.74) is 0.269. The largest absolute Gasteiger partial charge is 0.495 e. The number of anilines is 1. The molecule has 1 rings (SSSR count). The fraction of sp³-hybridized carbons (Fsp3) is 0.273. The molecule has 0 aliphatic carbocycles. The highest BCUT2D eigenvalue weighted by Gasteiger charge is 2.08. The fourth-order valence-electron chi connectivity index (χ4n) is 1.16. The first-order valence-electron chi connectivity index (χ1n) is 4.67. The van der Waals surface area contributed by atoms with Gasteiger partial charge in [0, 0.05) is 18.9 Å². The number of carbonyl (C=O) groups excluding carboxylic acids is 1. The van der Waals surface area contributed by atoms with E-state index < -0.39 is 5.82 Å². The highest BCUT2D eigenvalue weighted by atomic mass is 19.1. The smallest absolute Gasteiger partial charge is 0.225 e. The number of amides is 1. The van der Waals surface area contributed by atoms with Gasteiger partial charge >= 0.3 is 0 Å². The van der Waals surface area contributed by atoms with Crippen LogP contribution in [0.3, 0.4) is 0 Å². The molecule has 84 valence electrons. The Kier molecular flexibility index (Phi) is 4.28. The molecule has 0 aromatic heterocycles. The van der Waals surface area contributed by atoms with Crippen molar-refractivity contribution in [3.05, 3.63) is 24.0 Å². The van der Waals surface area contributed by atoms with Crippen molar-refractivity contribution in [2.75, 3.05) is 12.4 Å². The average Bonchev–Trinajstić information content (AvgIpc) is 2.27. The van der Waals surface area contributed by atoms with Crippen molar-refractivity contribution in [1.29, 1.82) is 5.26 Å². The summed E-state index contributed by atoms with van der Waals surface area (Å²) >= 11 is 0. The van der Waals surface area contributed by atoms with E-state index in [1.807, 2.05) is 6.07 Å². The first kappa shape index (κ1) is 12.0. The van der Waals surface area contributed by atoms with Crippen LogP contribution in [0.25, 0.3) is 0 Å². The third-order valence-corrected chi connectivity index (χ3v) is 1.90. The van der Waals surface area contributed by atoms with Gasteiger partial charge in [-0.15, -0.1) is 0 Å². The number of nitrogens with zero attached hydrogens (tertiary/aromatic N) is 1. The van der Waals surface area contributed by atoms with Crippen LogP contribution in [-0.4, -0.2) is 13.0 Å². The van der Waals surface area contributed by atoms with E-state index in [2.05, 4.69) is 5.32 Å². The molecule has 0 aliphatic heterocycles. The van der Waals surface area contributed by atoms with Crippen LogP contribution in [0.15, 0.2) is 18.2 Å². The van der Waals surface area contributed by atoms with Gasteiger partial charge in [0.25, 0.3) is 0 Å². The molecule has 0 unspecified atom stereocenters. The molecule has 16 heavy (non-hydrogen) atoms. The van der Waals surface area contributed by atoms with Crippen molar-refractivity contribution < 1.29 is 13.9 Å². The number of nitrogens with one attached hydrogen (secondary N) is 1. The molecule has 0 heterocycles. The first-order chi connectivity index (χ1) is 7.67. The number of ether oxygens (including phenoxy) is 1. The lowest BCUT2D eigenvalue weighted by Gasteiger charge is -2.09.